The summed E-state index contributed by atoms with van der Waals surface area (Å²) in [6.45, 7) is 10.6. The Labute approximate surface area is 191 Å². The summed E-state index contributed by atoms with van der Waals surface area (Å²) in [7, 11) is 1.70. The Hall–Kier alpha value is -0.670. The van der Waals surface area contributed by atoms with E-state index >= 15 is 0 Å². The lowest BCUT2D eigenvalue weighted by atomic mass is 9.74. The van der Waals surface area contributed by atoms with Crippen molar-refractivity contribution in [1.82, 2.24) is 10.6 Å². The van der Waals surface area contributed by atoms with Gasteiger partial charge in [-0.2, -0.15) is 11.8 Å². The highest BCUT2D eigenvalue weighted by Crippen LogP contribution is 2.35. The minimum atomic E-state index is 0. The van der Waals surface area contributed by atoms with Crippen molar-refractivity contribution in [1.29, 1.82) is 0 Å². The normalized spacial score (nSPS) is 16.8. The van der Waals surface area contributed by atoms with Crippen LogP contribution < -0.4 is 15.4 Å². The van der Waals surface area contributed by atoms with Crippen molar-refractivity contribution >= 4 is 41.7 Å². The van der Waals surface area contributed by atoms with Crippen molar-refractivity contribution in [2.45, 2.75) is 43.8 Å². The van der Waals surface area contributed by atoms with Crippen molar-refractivity contribution in [2.24, 2.45) is 4.99 Å². The van der Waals surface area contributed by atoms with Crippen LogP contribution in [0.4, 0.5) is 0 Å². The number of guanidine groups is 1. The van der Waals surface area contributed by atoms with Crippen molar-refractivity contribution in [2.75, 3.05) is 46.2 Å². The van der Waals surface area contributed by atoms with Crippen molar-refractivity contribution in [3.63, 3.8) is 0 Å². The number of nitrogens with zero attached hydrogens (tertiary/aromatic N) is 1. The first-order chi connectivity index (χ1) is 12.9. The van der Waals surface area contributed by atoms with E-state index in [1.807, 2.05) is 23.9 Å². The first kappa shape index (κ1) is 25.4. The van der Waals surface area contributed by atoms with E-state index in [2.05, 4.69) is 49.8 Å². The van der Waals surface area contributed by atoms with E-state index in [9.17, 15) is 0 Å². The van der Waals surface area contributed by atoms with E-state index in [4.69, 9.17) is 14.5 Å². The average Bonchev–Trinajstić information content (AvgIpc) is 2.71. The Bertz CT molecular complexity index is 602. The molecule has 1 aromatic carbocycles. The van der Waals surface area contributed by atoms with Crippen LogP contribution in [-0.4, -0.2) is 56.9 Å². The SMILES string of the molecule is CCNC(=NCC(C)(C)SC)NCC1(c2ccc(OC)cc2)CCOCC1.I. The van der Waals surface area contributed by atoms with Crippen LogP contribution >= 0.6 is 35.7 Å². The second kappa shape index (κ2) is 12.1. The zero-order valence-electron chi connectivity index (χ0n) is 17.8. The fourth-order valence-electron chi connectivity index (χ4n) is 3.20. The maximum absolute atomic E-state index is 5.65. The molecule has 1 aliphatic heterocycles. The van der Waals surface area contributed by atoms with Crippen molar-refractivity contribution in [3.8, 4) is 5.75 Å². The number of aliphatic imine (C=N–C) groups is 1. The summed E-state index contributed by atoms with van der Waals surface area (Å²) < 4.78 is 11.1. The molecule has 0 saturated carbocycles. The summed E-state index contributed by atoms with van der Waals surface area (Å²) in [5.41, 5.74) is 1.38. The molecule has 0 atom stereocenters. The van der Waals surface area contributed by atoms with Gasteiger partial charge in [-0.15, -0.1) is 24.0 Å². The van der Waals surface area contributed by atoms with E-state index in [-0.39, 0.29) is 34.1 Å². The molecule has 0 unspecified atom stereocenters. The molecule has 7 heteroatoms. The van der Waals surface area contributed by atoms with E-state index in [1.165, 1.54) is 5.56 Å². The van der Waals surface area contributed by atoms with Gasteiger partial charge in [-0.1, -0.05) is 12.1 Å². The van der Waals surface area contributed by atoms with Gasteiger partial charge < -0.3 is 20.1 Å². The van der Waals surface area contributed by atoms with Gasteiger partial charge in [0.15, 0.2) is 5.96 Å². The maximum Gasteiger partial charge on any atom is 0.191 e. The highest BCUT2D eigenvalue weighted by atomic mass is 127. The monoisotopic (exact) mass is 521 g/mol. The lowest BCUT2D eigenvalue weighted by molar-refractivity contribution is 0.0513. The molecule has 0 amide bonds. The predicted molar refractivity (Wildman–Crippen MR) is 132 cm³/mol. The van der Waals surface area contributed by atoms with E-state index in [0.29, 0.717) is 0 Å². The van der Waals surface area contributed by atoms with Crippen LogP contribution in [0.5, 0.6) is 5.75 Å². The zero-order valence-corrected chi connectivity index (χ0v) is 21.0. The molecule has 1 aliphatic rings. The highest BCUT2D eigenvalue weighted by molar-refractivity contribution is 14.0. The van der Waals surface area contributed by atoms with Crippen LogP contribution in [0.1, 0.15) is 39.2 Å². The third kappa shape index (κ3) is 7.30. The standard InChI is InChI=1S/C21H35N3O2S.HI/c1-6-22-19(23-15-20(2,3)27-5)24-16-21(11-13-26-14-12-21)17-7-9-18(25-4)10-8-17;/h7-10H,6,11-16H2,1-5H3,(H2,22,23,24);1H. The van der Waals surface area contributed by atoms with E-state index < -0.39 is 0 Å². The topological polar surface area (TPSA) is 54.9 Å². The van der Waals surface area contributed by atoms with Gasteiger partial charge in [-0.05, 0) is 57.6 Å². The number of ether oxygens (including phenoxy) is 2. The van der Waals surface area contributed by atoms with Crippen LogP contribution in [0.3, 0.4) is 0 Å². The maximum atomic E-state index is 5.65. The number of hydrogen-bond acceptors (Lipinski definition) is 4. The Balaban J connectivity index is 0.00000392. The Morgan fingerprint density at radius 3 is 2.39 bits per heavy atom. The quantitative estimate of drug-likeness (QED) is 0.307. The first-order valence-corrected chi connectivity index (χ1v) is 11.0. The molecule has 0 spiro atoms. The predicted octanol–water partition coefficient (Wildman–Crippen LogP) is 4.06. The molecule has 28 heavy (non-hydrogen) atoms. The number of hydrogen-bond donors (Lipinski definition) is 2. The highest BCUT2D eigenvalue weighted by Gasteiger charge is 2.34. The van der Waals surface area contributed by atoms with E-state index in [1.54, 1.807) is 7.11 Å². The fraction of sp³-hybridized carbons (Fsp3) is 0.667. The molecule has 1 heterocycles. The van der Waals surface area contributed by atoms with Gasteiger partial charge in [0.1, 0.15) is 5.75 Å². The second-order valence-electron chi connectivity index (χ2n) is 7.63. The van der Waals surface area contributed by atoms with E-state index in [0.717, 1.165) is 57.4 Å². The van der Waals surface area contributed by atoms with Gasteiger partial charge in [-0.25, -0.2) is 0 Å². The molecule has 2 N–H and O–H groups in total. The molecule has 1 aromatic rings. The Morgan fingerprint density at radius 2 is 1.86 bits per heavy atom. The van der Waals surface area contributed by atoms with Crippen molar-refractivity contribution < 1.29 is 9.47 Å². The molecule has 2 rings (SSSR count). The third-order valence-corrected chi connectivity index (χ3v) is 6.50. The van der Waals surface area contributed by atoms with Crippen LogP contribution in [0.25, 0.3) is 0 Å². The molecule has 5 nitrogen and oxygen atoms in total. The summed E-state index contributed by atoms with van der Waals surface area (Å²) in [5, 5.41) is 6.98. The number of thioether (sulfide) groups is 1. The van der Waals surface area contributed by atoms with Gasteiger partial charge in [0, 0.05) is 36.5 Å². The number of rotatable bonds is 8. The smallest absolute Gasteiger partial charge is 0.191 e. The summed E-state index contributed by atoms with van der Waals surface area (Å²) in [5.74, 6) is 1.78. The summed E-state index contributed by atoms with van der Waals surface area (Å²) in [6.07, 6.45) is 4.14. The molecule has 0 aromatic heterocycles. The Kier molecular flexibility index (Phi) is 11.0. The van der Waals surface area contributed by atoms with Crippen LogP contribution in [0, 0.1) is 0 Å². The molecule has 1 saturated heterocycles. The lowest BCUT2D eigenvalue weighted by Crippen LogP contribution is -2.48. The minimum absolute atomic E-state index is 0. The number of nitrogens with one attached hydrogen (secondary N) is 2. The summed E-state index contributed by atoms with van der Waals surface area (Å²) in [4.78, 5) is 4.81. The largest absolute Gasteiger partial charge is 0.497 e. The number of halogens is 1. The zero-order chi connectivity index (χ0) is 19.8. The minimum Gasteiger partial charge on any atom is -0.497 e. The van der Waals surface area contributed by atoms with Gasteiger partial charge >= 0.3 is 0 Å². The van der Waals surface area contributed by atoms with Crippen molar-refractivity contribution in [3.05, 3.63) is 29.8 Å². The van der Waals surface area contributed by atoms with Crippen LogP contribution in [0.2, 0.25) is 0 Å². The average molecular weight is 522 g/mol. The van der Waals surface area contributed by atoms with Crippen LogP contribution in [0.15, 0.2) is 29.3 Å². The molecule has 1 fully saturated rings. The fourth-order valence-corrected chi connectivity index (χ4v) is 3.40. The first-order valence-electron chi connectivity index (χ1n) is 9.74. The molecular formula is C21H36IN3O2S. The van der Waals surface area contributed by atoms with Gasteiger partial charge in [0.2, 0.25) is 0 Å². The molecule has 0 radical (unpaired) electrons. The summed E-state index contributed by atoms with van der Waals surface area (Å²) in [6, 6.07) is 8.47. The number of methoxy groups -OCH3 is 1. The lowest BCUT2D eigenvalue weighted by Gasteiger charge is -2.38. The summed E-state index contributed by atoms with van der Waals surface area (Å²) >= 11 is 1.84. The second-order valence-corrected chi connectivity index (χ2v) is 9.15. The van der Waals surface area contributed by atoms with Gasteiger partial charge in [-0.3, -0.25) is 4.99 Å². The molecular weight excluding hydrogens is 485 g/mol. The number of benzene rings is 1. The molecule has 160 valence electrons. The third-order valence-electron chi connectivity index (χ3n) is 5.26. The van der Waals surface area contributed by atoms with Gasteiger partial charge in [0.05, 0.1) is 13.7 Å². The molecule has 0 bridgehead atoms. The van der Waals surface area contributed by atoms with Crippen LogP contribution in [-0.2, 0) is 10.2 Å². The molecule has 0 aliphatic carbocycles. The van der Waals surface area contributed by atoms with Gasteiger partial charge in [0.25, 0.3) is 0 Å². The Morgan fingerprint density at radius 1 is 1.21 bits per heavy atom.